The van der Waals surface area contributed by atoms with Crippen LogP contribution in [-0.2, 0) is 10.3 Å². The van der Waals surface area contributed by atoms with Crippen molar-refractivity contribution in [2.24, 2.45) is 0 Å². The molecule has 5 nitrogen and oxygen atoms in total. The van der Waals surface area contributed by atoms with E-state index in [-0.39, 0.29) is 16.2 Å². The van der Waals surface area contributed by atoms with Crippen molar-refractivity contribution in [1.29, 1.82) is 0 Å². The highest BCUT2D eigenvalue weighted by Crippen LogP contribution is 2.40. The standard InChI is InChI=1S/C25H18NO4S/c1-3-25(2,20-11-13-21(14-12-20)26(28)29)30-24(27)19-8-6-9-22(17-19)31-16-15-18-7-4-5-10-23(18)31/h1,4-17H,2H3/q+1. The summed E-state index contributed by atoms with van der Waals surface area (Å²) in [6.07, 6.45) is 5.68. The molecule has 0 aliphatic heterocycles. The normalized spacial score (nSPS) is 13.2. The molecule has 0 N–H and O–H groups in total. The van der Waals surface area contributed by atoms with E-state index in [0.717, 1.165) is 4.90 Å². The Balaban J connectivity index is 1.63. The van der Waals surface area contributed by atoms with E-state index < -0.39 is 16.5 Å². The Hall–Kier alpha value is -3.95. The van der Waals surface area contributed by atoms with Gasteiger partial charge in [0.1, 0.15) is 5.38 Å². The number of benzene rings is 3. The summed E-state index contributed by atoms with van der Waals surface area (Å²) in [7, 11) is -0.253. The highest BCUT2D eigenvalue weighted by Gasteiger charge is 2.30. The largest absolute Gasteiger partial charge is 0.438 e. The van der Waals surface area contributed by atoms with Gasteiger partial charge in [-0.1, -0.05) is 24.1 Å². The molecule has 4 rings (SSSR count). The van der Waals surface area contributed by atoms with Crippen molar-refractivity contribution < 1.29 is 14.5 Å². The highest BCUT2D eigenvalue weighted by atomic mass is 32.2. The molecule has 2 unspecified atom stereocenters. The first-order valence-electron chi connectivity index (χ1n) is 9.48. The molecule has 6 heteroatoms. The number of hydrogen-bond acceptors (Lipinski definition) is 4. The Morgan fingerprint density at radius 2 is 1.81 bits per heavy atom. The first-order chi connectivity index (χ1) is 14.9. The molecule has 3 aromatic carbocycles. The second kappa shape index (κ2) is 8.05. The van der Waals surface area contributed by atoms with Crippen molar-refractivity contribution in [3.8, 4) is 17.2 Å². The number of nitro benzene ring substituents is 1. The number of hydrogen-bond donors (Lipinski definition) is 0. The number of carbonyl (C=O) groups is 1. The molecule has 0 spiro atoms. The van der Waals surface area contributed by atoms with E-state index in [1.54, 1.807) is 13.0 Å². The smallest absolute Gasteiger partial charge is 0.340 e. The molecule has 0 fully saturated rings. The lowest BCUT2D eigenvalue weighted by Gasteiger charge is -2.24. The summed E-state index contributed by atoms with van der Waals surface area (Å²) in [4.78, 5) is 24.3. The van der Waals surface area contributed by atoms with Crippen LogP contribution >= 0.6 is 10.5 Å². The van der Waals surface area contributed by atoms with Crippen LogP contribution in [0.1, 0.15) is 22.8 Å². The van der Waals surface area contributed by atoms with Crippen molar-refractivity contribution in [3.63, 3.8) is 0 Å². The molecule has 2 atom stereocenters. The predicted octanol–water partition coefficient (Wildman–Crippen LogP) is 6.19. The number of non-ortho nitro benzene ring substituents is 1. The number of carbonyl (C=O) groups excluding carboxylic acids is 1. The zero-order valence-corrected chi connectivity index (χ0v) is 17.5. The van der Waals surface area contributed by atoms with Crippen molar-refractivity contribution in [1.82, 2.24) is 0 Å². The van der Waals surface area contributed by atoms with Crippen molar-refractivity contribution in [2.45, 2.75) is 12.5 Å². The molecule has 0 saturated heterocycles. The quantitative estimate of drug-likeness (QED) is 0.125. The molecule has 0 saturated carbocycles. The predicted molar refractivity (Wildman–Crippen MR) is 122 cm³/mol. The SMILES string of the molecule is C#CC(C)(OC(=O)c1cccc(-[s+]2ccc3ccccc32)c1)c1ccc([N+](=O)[O-])cc1. The minimum Gasteiger partial charge on any atom is -0.438 e. The minimum atomic E-state index is -1.36. The third-order valence-electron chi connectivity index (χ3n) is 5.06. The highest BCUT2D eigenvalue weighted by molar-refractivity contribution is 7.43. The van der Waals surface area contributed by atoms with E-state index in [0.29, 0.717) is 11.1 Å². The van der Waals surface area contributed by atoms with Gasteiger partial charge in [-0.2, -0.15) is 0 Å². The molecule has 0 radical (unpaired) electrons. The fourth-order valence-corrected chi connectivity index (χ4v) is 5.25. The van der Waals surface area contributed by atoms with E-state index in [9.17, 15) is 14.9 Å². The Kier molecular flexibility index (Phi) is 5.28. The van der Waals surface area contributed by atoms with Crippen LogP contribution in [-0.4, -0.2) is 10.9 Å². The molecule has 1 aromatic heterocycles. The summed E-state index contributed by atoms with van der Waals surface area (Å²) < 4.78 is 6.90. The number of rotatable bonds is 5. The van der Waals surface area contributed by atoms with Crippen molar-refractivity contribution in [2.75, 3.05) is 0 Å². The van der Waals surface area contributed by atoms with E-state index in [1.807, 2.05) is 30.3 Å². The second-order valence-electron chi connectivity index (χ2n) is 7.08. The molecule has 31 heavy (non-hydrogen) atoms. The van der Waals surface area contributed by atoms with Gasteiger partial charge >= 0.3 is 5.97 Å². The average molecular weight is 428 g/mol. The fraction of sp³-hybridized carbons (Fsp3) is 0.0800. The number of terminal acetylenes is 1. The second-order valence-corrected chi connectivity index (χ2v) is 8.94. The van der Waals surface area contributed by atoms with Crippen LogP contribution in [0.4, 0.5) is 5.69 Å². The van der Waals surface area contributed by atoms with Crippen LogP contribution in [0.3, 0.4) is 0 Å². The monoisotopic (exact) mass is 428 g/mol. The zero-order chi connectivity index (χ0) is 22.0. The first-order valence-corrected chi connectivity index (χ1v) is 10.8. The maximum absolute atomic E-state index is 12.9. The van der Waals surface area contributed by atoms with Gasteiger partial charge in [-0.05, 0) is 43.3 Å². The van der Waals surface area contributed by atoms with E-state index in [2.05, 4.69) is 29.5 Å². The Labute approximate surface area is 182 Å². The van der Waals surface area contributed by atoms with Crippen LogP contribution < -0.4 is 0 Å². The average Bonchev–Trinajstić information content (AvgIpc) is 3.23. The van der Waals surface area contributed by atoms with Gasteiger partial charge in [0.05, 0.1) is 10.5 Å². The number of esters is 1. The number of nitro groups is 1. The Morgan fingerprint density at radius 3 is 2.52 bits per heavy atom. The maximum Gasteiger partial charge on any atom is 0.340 e. The van der Waals surface area contributed by atoms with Crippen molar-refractivity contribution in [3.05, 3.63) is 105 Å². The van der Waals surface area contributed by atoms with Gasteiger partial charge in [-0.15, -0.1) is 6.42 Å². The molecule has 0 aliphatic carbocycles. The Bertz CT molecular complexity index is 1330. The summed E-state index contributed by atoms with van der Waals surface area (Å²) in [5.41, 5.74) is -0.538. The molecule has 0 aliphatic rings. The minimum absolute atomic E-state index is 0.0620. The lowest BCUT2D eigenvalue weighted by molar-refractivity contribution is -0.384. The summed E-state index contributed by atoms with van der Waals surface area (Å²) in [5, 5.41) is 14.2. The van der Waals surface area contributed by atoms with Gasteiger partial charge in [0.15, 0.2) is 15.2 Å². The van der Waals surface area contributed by atoms with Gasteiger partial charge in [-0.3, -0.25) is 10.1 Å². The van der Waals surface area contributed by atoms with Gasteiger partial charge in [0.2, 0.25) is 0 Å². The van der Waals surface area contributed by atoms with Gasteiger partial charge in [0, 0.05) is 45.7 Å². The van der Waals surface area contributed by atoms with Crippen LogP contribution in [0.2, 0.25) is 0 Å². The van der Waals surface area contributed by atoms with E-state index in [1.165, 1.54) is 34.4 Å². The topological polar surface area (TPSA) is 69.4 Å². The molecule has 4 aromatic rings. The number of thiophene rings is 1. The zero-order valence-electron chi connectivity index (χ0n) is 16.6. The van der Waals surface area contributed by atoms with Gasteiger partial charge < -0.3 is 4.74 Å². The number of ether oxygens (including phenoxy) is 1. The lowest BCUT2D eigenvalue weighted by atomic mass is 9.96. The Morgan fingerprint density at radius 1 is 1.06 bits per heavy atom. The number of fused-ring (bicyclic) bond motifs is 1. The van der Waals surface area contributed by atoms with Crippen molar-refractivity contribution >= 4 is 32.2 Å². The van der Waals surface area contributed by atoms with Crippen LogP contribution in [0.15, 0.2) is 84.2 Å². The maximum atomic E-state index is 12.9. The molecule has 0 amide bonds. The first kappa shape index (κ1) is 20.3. The third kappa shape index (κ3) is 3.91. The summed E-state index contributed by atoms with van der Waals surface area (Å²) in [6, 6.07) is 23.3. The third-order valence-corrected chi connectivity index (χ3v) is 7.08. The molecular weight excluding hydrogens is 410 g/mol. The van der Waals surface area contributed by atoms with Gasteiger partial charge in [-0.25, -0.2) is 4.79 Å². The number of nitrogens with zero attached hydrogens (tertiary/aromatic N) is 1. The van der Waals surface area contributed by atoms with Crippen LogP contribution in [0.5, 0.6) is 0 Å². The summed E-state index contributed by atoms with van der Waals surface area (Å²) >= 11 is 0. The van der Waals surface area contributed by atoms with Gasteiger partial charge in [0.25, 0.3) is 5.69 Å². The molecule has 0 bridgehead atoms. The molecular formula is C25H18NO4S+. The molecule has 152 valence electrons. The fourth-order valence-electron chi connectivity index (χ4n) is 3.32. The van der Waals surface area contributed by atoms with E-state index in [4.69, 9.17) is 11.2 Å². The molecule has 1 heterocycles. The summed E-state index contributed by atoms with van der Waals surface area (Å²) in [5.74, 6) is 1.95. The van der Waals surface area contributed by atoms with Crippen LogP contribution in [0, 0.1) is 22.5 Å². The van der Waals surface area contributed by atoms with E-state index >= 15 is 0 Å². The van der Waals surface area contributed by atoms with Crippen LogP contribution in [0.25, 0.3) is 15.0 Å². The lowest BCUT2D eigenvalue weighted by Crippen LogP contribution is -2.27. The summed E-state index contributed by atoms with van der Waals surface area (Å²) in [6.45, 7) is 1.59.